The summed E-state index contributed by atoms with van der Waals surface area (Å²) < 4.78 is 9.95. The summed E-state index contributed by atoms with van der Waals surface area (Å²) in [5, 5.41) is 3.30. The van der Waals surface area contributed by atoms with Crippen molar-refractivity contribution in [3.8, 4) is 5.75 Å². The van der Waals surface area contributed by atoms with Gasteiger partial charge in [-0.2, -0.15) is 0 Å². The molecule has 0 unspecified atom stereocenters. The Balaban J connectivity index is 2.05. The Bertz CT molecular complexity index is 402. The number of ether oxygens (including phenoxy) is 2. The third-order valence-electron chi connectivity index (χ3n) is 3.47. The first-order valence-corrected chi connectivity index (χ1v) is 6.17. The maximum Gasteiger partial charge on any atom is 0.309 e. The monoisotopic (exact) mass is 249 g/mol. The highest BCUT2D eigenvalue weighted by Gasteiger charge is 2.28. The molecule has 1 heterocycles. The quantitative estimate of drug-likeness (QED) is 0.826. The van der Waals surface area contributed by atoms with Crippen LogP contribution in [0.25, 0.3) is 0 Å². The highest BCUT2D eigenvalue weighted by Crippen LogP contribution is 2.28. The van der Waals surface area contributed by atoms with Gasteiger partial charge in [-0.3, -0.25) is 4.79 Å². The van der Waals surface area contributed by atoms with Crippen molar-refractivity contribution in [2.24, 2.45) is 5.92 Å². The molecule has 2 atom stereocenters. The van der Waals surface area contributed by atoms with Crippen molar-refractivity contribution >= 4 is 5.97 Å². The average molecular weight is 249 g/mol. The van der Waals surface area contributed by atoms with Gasteiger partial charge >= 0.3 is 5.97 Å². The van der Waals surface area contributed by atoms with E-state index in [1.165, 1.54) is 12.7 Å². The standard InChI is InChI=1S/C14H19NO3/c1-17-13-5-3-10(4-6-13)11-7-12(9-15-8-11)14(16)18-2/h3-6,11-12,15H,7-9H2,1-2H3/t11-,12-/m1/s1. The Morgan fingerprint density at radius 1 is 1.22 bits per heavy atom. The minimum absolute atomic E-state index is 0.0455. The molecule has 4 nitrogen and oxygen atoms in total. The third-order valence-corrected chi connectivity index (χ3v) is 3.47. The maximum atomic E-state index is 11.6. The van der Waals surface area contributed by atoms with E-state index in [0.29, 0.717) is 12.5 Å². The molecule has 0 bridgehead atoms. The number of carbonyl (C=O) groups excluding carboxylic acids is 1. The van der Waals surface area contributed by atoms with Gasteiger partial charge in [0, 0.05) is 13.1 Å². The summed E-state index contributed by atoms with van der Waals surface area (Å²) in [5.74, 6) is 1.04. The number of rotatable bonds is 3. The molecule has 1 N–H and O–H groups in total. The number of hydrogen-bond acceptors (Lipinski definition) is 4. The summed E-state index contributed by atoms with van der Waals surface area (Å²) in [4.78, 5) is 11.6. The lowest BCUT2D eigenvalue weighted by atomic mass is 9.85. The largest absolute Gasteiger partial charge is 0.497 e. The molecule has 0 aromatic heterocycles. The highest BCUT2D eigenvalue weighted by molar-refractivity contribution is 5.72. The molecule has 18 heavy (non-hydrogen) atoms. The van der Waals surface area contributed by atoms with Crippen LogP contribution in [0.1, 0.15) is 17.9 Å². The molecule has 98 valence electrons. The molecular weight excluding hydrogens is 230 g/mol. The first-order chi connectivity index (χ1) is 8.74. The van der Waals surface area contributed by atoms with Crippen molar-refractivity contribution in [2.75, 3.05) is 27.3 Å². The van der Waals surface area contributed by atoms with Crippen molar-refractivity contribution < 1.29 is 14.3 Å². The SMILES string of the molecule is COC(=O)[C@H]1CNC[C@H](c2ccc(OC)cc2)C1. The minimum atomic E-state index is -0.124. The summed E-state index contributed by atoms with van der Waals surface area (Å²) >= 11 is 0. The molecule has 0 saturated carbocycles. The Labute approximate surface area is 107 Å². The lowest BCUT2D eigenvalue weighted by molar-refractivity contribution is -0.146. The van der Waals surface area contributed by atoms with Gasteiger partial charge in [-0.1, -0.05) is 12.1 Å². The van der Waals surface area contributed by atoms with Gasteiger partial charge in [0.05, 0.1) is 20.1 Å². The second-order valence-electron chi connectivity index (χ2n) is 4.58. The summed E-state index contributed by atoms with van der Waals surface area (Å²) in [5.41, 5.74) is 1.23. The molecule has 1 aliphatic heterocycles. The number of benzene rings is 1. The number of esters is 1. The van der Waals surface area contributed by atoms with E-state index in [-0.39, 0.29) is 11.9 Å². The van der Waals surface area contributed by atoms with Crippen LogP contribution in [0, 0.1) is 5.92 Å². The molecule has 0 radical (unpaired) electrons. The van der Waals surface area contributed by atoms with E-state index in [1.807, 2.05) is 12.1 Å². The lowest BCUT2D eigenvalue weighted by Gasteiger charge is -2.28. The Kier molecular flexibility index (Phi) is 4.20. The van der Waals surface area contributed by atoms with Crippen LogP contribution in [0.4, 0.5) is 0 Å². The average Bonchev–Trinajstić information content (AvgIpc) is 2.46. The van der Waals surface area contributed by atoms with Gasteiger partial charge in [0.2, 0.25) is 0 Å². The molecule has 0 amide bonds. The van der Waals surface area contributed by atoms with Crippen molar-refractivity contribution in [2.45, 2.75) is 12.3 Å². The van der Waals surface area contributed by atoms with Crippen LogP contribution in [-0.2, 0) is 9.53 Å². The van der Waals surface area contributed by atoms with E-state index < -0.39 is 0 Å². The first-order valence-electron chi connectivity index (χ1n) is 6.17. The summed E-state index contributed by atoms with van der Waals surface area (Å²) in [6, 6.07) is 8.03. The first kappa shape index (κ1) is 12.9. The third kappa shape index (κ3) is 2.82. The highest BCUT2D eigenvalue weighted by atomic mass is 16.5. The Morgan fingerprint density at radius 2 is 1.94 bits per heavy atom. The number of methoxy groups -OCH3 is 2. The van der Waals surface area contributed by atoms with Crippen molar-refractivity contribution in [3.63, 3.8) is 0 Å². The molecular formula is C14H19NO3. The van der Waals surface area contributed by atoms with Crippen LogP contribution in [0.3, 0.4) is 0 Å². The van der Waals surface area contributed by atoms with E-state index in [2.05, 4.69) is 17.4 Å². The number of nitrogens with one attached hydrogen (secondary N) is 1. The van der Waals surface area contributed by atoms with Crippen molar-refractivity contribution in [1.82, 2.24) is 5.32 Å². The summed E-state index contributed by atoms with van der Waals surface area (Å²) in [7, 11) is 3.10. The van der Waals surface area contributed by atoms with Crippen LogP contribution in [0.2, 0.25) is 0 Å². The van der Waals surface area contributed by atoms with Gasteiger partial charge in [0.1, 0.15) is 5.75 Å². The van der Waals surface area contributed by atoms with E-state index in [1.54, 1.807) is 7.11 Å². The van der Waals surface area contributed by atoms with Gasteiger partial charge in [-0.15, -0.1) is 0 Å². The molecule has 0 spiro atoms. The zero-order valence-corrected chi connectivity index (χ0v) is 10.8. The van der Waals surface area contributed by atoms with Crippen molar-refractivity contribution in [1.29, 1.82) is 0 Å². The molecule has 1 saturated heterocycles. The number of hydrogen-bond donors (Lipinski definition) is 1. The van der Waals surface area contributed by atoms with Gasteiger partial charge in [-0.25, -0.2) is 0 Å². The van der Waals surface area contributed by atoms with E-state index in [9.17, 15) is 4.79 Å². The smallest absolute Gasteiger partial charge is 0.309 e. The van der Waals surface area contributed by atoms with Gasteiger partial charge in [-0.05, 0) is 30.0 Å². The fraction of sp³-hybridized carbons (Fsp3) is 0.500. The van der Waals surface area contributed by atoms with Crippen LogP contribution in [-0.4, -0.2) is 33.3 Å². The fourth-order valence-electron chi connectivity index (χ4n) is 2.42. The Morgan fingerprint density at radius 3 is 2.56 bits per heavy atom. The number of carbonyl (C=O) groups is 1. The van der Waals surface area contributed by atoms with E-state index >= 15 is 0 Å². The van der Waals surface area contributed by atoms with Crippen LogP contribution < -0.4 is 10.1 Å². The Hall–Kier alpha value is -1.55. The second-order valence-corrected chi connectivity index (χ2v) is 4.58. The van der Waals surface area contributed by atoms with Crippen LogP contribution in [0.15, 0.2) is 24.3 Å². The topological polar surface area (TPSA) is 47.6 Å². The lowest BCUT2D eigenvalue weighted by Crippen LogP contribution is -2.39. The van der Waals surface area contributed by atoms with Crippen molar-refractivity contribution in [3.05, 3.63) is 29.8 Å². The normalized spacial score (nSPS) is 23.4. The predicted molar refractivity (Wildman–Crippen MR) is 68.7 cm³/mol. The fourth-order valence-corrected chi connectivity index (χ4v) is 2.42. The summed E-state index contributed by atoms with van der Waals surface area (Å²) in [6.45, 7) is 1.61. The molecule has 1 aromatic carbocycles. The molecule has 0 aliphatic carbocycles. The van der Waals surface area contributed by atoms with Gasteiger partial charge in [0.15, 0.2) is 0 Å². The maximum absolute atomic E-state index is 11.6. The second kappa shape index (κ2) is 5.87. The number of piperidine rings is 1. The van der Waals surface area contributed by atoms with Gasteiger partial charge in [0.25, 0.3) is 0 Å². The molecule has 2 rings (SSSR count). The van der Waals surface area contributed by atoms with Crippen LogP contribution >= 0.6 is 0 Å². The zero-order chi connectivity index (χ0) is 13.0. The predicted octanol–water partition coefficient (Wildman–Crippen LogP) is 1.56. The minimum Gasteiger partial charge on any atom is -0.497 e. The zero-order valence-electron chi connectivity index (χ0n) is 10.8. The summed E-state index contributed by atoms with van der Waals surface area (Å²) in [6.07, 6.45) is 0.839. The van der Waals surface area contributed by atoms with Gasteiger partial charge < -0.3 is 14.8 Å². The van der Waals surface area contributed by atoms with Crippen LogP contribution in [0.5, 0.6) is 5.75 Å². The molecule has 4 heteroatoms. The molecule has 1 fully saturated rings. The van der Waals surface area contributed by atoms with E-state index in [4.69, 9.17) is 9.47 Å². The molecule has 1 aromatic rings. The molecule has 1 aliphatic rings. The van der Waals surface area contributed by atoms with E-state index in [0.717, 1.165) is 18.7 Å².